The number of hydrogen-bond donors (Lipinski definition) is 5. The molecule has 4 aromatic heterocycles. The monoisotopic (exact) mass is 478 g/mol. The summed E-state index contributed by atoms with van der Waals surface area (Å²) in [6.07, 6.45) is 10.7. The van der Waals surface area contributed by atoms with Gasteiger partial charge in [0.15, 0.2) is 11.3 Å². The van der Waals surface area contributed by atoms with Crippen LogP contribution in [-0.2, 0) is 0 Å². The topological polar surface area (TPSA) is 174 Å². The van der Waals surface area contributed by atoms with Crippen molar-refractivity contribution in [3.8, 4) is 0 Å². The van der Waals surface area contributed by atoms with Crippen LogP contribution >= 0.6 is 0 Å². The minimum atomic E-state index is -0.448. The predicted octanol–water partition coefficient (Wildman–Crippen LogP) is 0.302. The average molecular weight is 478 g/mol. The Kier molecular flexibility index (Phi) is 7.02. The van der Waals surface area contributed by atoms with Crippen molar-refractivity contribution < 1.29 is 5.02 Å². The molecule has 0 unspecified atom stereocenters. The molecule has 2 aliphatic heterocycles. The van der Waals surface area contributed by atoms with Crippen molar-refractivity contribution in [2.24, 2.45) is 5.73 Å². The van der Waals surface area contributed by atoms with Crippen molar-refractivity contribution in [2.75, 3.05) is 36.0 Å². The molecule has 35 heavy (non-hydrogen) atoms. The maximum atomic E-state index is 9.34. The first kappa shape index (κ1) is 23.4. The molecule has 0 aromatic carbocycles. The van der Waals surface area contributed by atoms with Gasteiger partial charge in [-0.3, -0.25) is 10.2 Å². The summed E-state index contributed by atoms with van der Waals surface area (Å²) < 4.78 is 0. The summed E-state index contributed by atoms with van der Waals surface area (Å²) in [5.74, 6) is 1.90. The maximum Gasteiger partial charge on any atom is 0.373 e. The molecule has 13 nitrogen and oxygen atoms in total. The number of nitrogens with two attached hydrogens (primary N) is 1. The summed E-state index contributed by atoms with van der Waals surface area (Å²) in [6, 6.07) is 0.704. The Labute approximate surface area is 203 Å². The highest BCUT2D eigenvalue weighted by atomic mass is 16.2. The third-order valence-corrected chi connectivity index (χ3v) is 6.56. The molecule has 2 saturated heterocycles. The van der Waals surface area contributed by atoms with Crippen LogP contribution in [0.2, 0.25) is 6.82 Å². The van der Waals surface area contributed by atoms with Gasteiger partial charge in [0.25, 0.3) is 0 Å². The largest absolute Gasteiger partial charge is 0.437 e. The molecule has 0 spiro atoms. The Morgan fingerprint density at radius 2 is 1.34 bits per heavy atom. The minimum absolute atomic E-state index is 0.331. The lowest BCUT2D eigenvalue weighted by Gasteiger charge is -2.33. The number of aromatic nitrogens is 8. The Morgan fingerprint density at radius 1 is 0.857 bits per heavy atom. The van der Waals surface area contributed by atoms with E-state index in [1.165, 1.54) is 0 Å². The van der Waals surface area contributed by atoms with Crippen LogP contribution in [0.1, 0.15) is 25.7 Å². The van der Waals surface area contributed by atoms with Crippen LogP contribution in [0.25, 0.3) is 22.1 Å². The first-order valence-electron chi connectivity index (χ1n) is 12.1. The number of piperidine rings is 2. The Balaban J connectivity index is 0.000000147. The predicted molar refractivity (Wildman–Crippen MR) is 135 cm³/mol. The lowest BCUT2D eigenvalue weighted by Crippen LogP contribution is -2.47. The molecule has 184 valence electrons. The summed E-state index contributed by atoms with van der Waals surface area (Å²) in [5, 5.41) is 28.2. The lowest BCUT2D eigenvalue weighted by molar-refractivity contribution is 0.440. The molecule has 0 amide bonds. The van der Waals surface area contributed by atoms with Gasteiger partial charge in [-0.25, -0.2) is 19.9 Å². The van der Waals surface area contributed by atoms with E-state index in [0.717, 1.165) is 85.6 Å². The van der Waals surface area contributed by atoms with Crippen LogP contribution < -0.4 is 20.8 Å². The van der Waals surface area contributed by atoms with Crippen molar-refractivity contribution in [3.05, 3.63) is 25.0 Å². The fourth-order valence-electron chi connectivity index (χ4n) is 4.72. The van der Waals surface area contributed by atoms with Gasteiger partial charge in [0.05, 0.1) is 23.2 Å². The summed E-state index contributed by atoms with van der Waals surface area (Å²) in [7, 11) is -0.448. The molecule has 2 fully saturated rings. The molecule has 6 N–H and O–H groups in total. The van der Waals surface area contributed by atoms with Crippen molar-refractivity contribution in [1.82, 2.24) is 45.6 Å². The van der Waals surface area contributed by atoms with Gasteiger partial charge < -0.3 is 25.8 Å². The molecule has 0 aliphatic carbocycles. The molecular weight excluding hydrogens is 447 g/mol. The number of fused-ring (bicyclic) bond motifs is 2. The molecule has 14 heteroatoms. The second kappa shape index (κ2) is 10.5. The summed E-state index contributed by atoms with van der Waals surface area (Å²) >= 11 is 0. The Morgan fingerprint density at radius 3 is 1.83 bits per heavy atom. The number of hydrogen-bond acceptors (Lipinski definition) is 11. The van der Waals surface area contributed by atoms with Crippen LogP contribution in [0.15, 0.2) is 25.0 Å². The van der Waals surface area contributed by atoms with Crippen LogP contribution in [0.5, 0.6) is 0 Å². The highest BCUT2D eigenvalue weighted by Crippen LogP contribution is 2.25. The summed E-state index contributed by atoms with van der Waals surface area (Å²) in [5.41, 5.74) is 7.45. The van der Waals surface area contributed by atoms with E-state index >= 15 is 0 Å². The van der Waals surface area contributed by atoms with Crippen LogP contribution in [0, 0.1) is 0 Å². The summed E-state index contributed by atoms with van der Waals surface area (Å²) in [6.45, 7) is 5.51. The van der Waals surface area contributed by atoms with Gasteiger partial charge in [0.2, 0.25) is 0 Å². The number of anilines is 2. The number of H-pyrrole nitrogens is 2. The van der Waals surface area contributed by atoms with E-state index in [2.05, 4.69) is 55.4 Å². The molecule has 0 saturated carbocycles. The molecule has 2 aliphatic rings. The van der Waals surface area contributed by atoms with E-state index in [9.17, 15) is 5.02 Å². The number of nitrogens with zero attached hydrogens (tertiary/aromatic N) is 8. The van der Waals surface area contributed by atoms with E-state index in [-0.39, 0.29) is 0 Å². The van der Waals surface area contributed by atoms with Crippen molar-refractivity contribution >= 4 is 40.8 Å². The smallest absolute Gasteiger partial charge is 0.373 e. The van der Waals surface area contributed by atoms with Crippen LogP contribution in [0.3, 0.4) is 0 Å². The fraction of sp³-hybridized carbons (Fsp3) is 0.524. The third-order valence-electron chi connectivity index (χ3n) is 6.56. The van der Waals surface area contributed by atoms with E-state index in [0.29, 0.717) is 12.1 Å². The lowest BCUT2D eigenvalue weighted by atomic mass is 9.85. The molecule has 4 aromatic rings. The maximum absolute atomic E-state index is 9.34. The fourth-order valence-corrected chi connectivity index (χ4v) is 4.72. The number of aromatic amines is 2. The Hall–Kier alpha value is -3.36. The van der Waals surface area contributed by atoms with E-state index in [1.54, 1.807) is 31.9 Å². The van der Waals surface area contributed by atoms with Crippen molar-refractivity contribution in [3.63, 3.8) is 0 Å². The molecular formula is C21H31BN12O. The van der Waals surface area contributed by atoms with E-state index in [1.807, 2.05) is 0 Å². The molecule has 0 atom stereocenters. The van der Waals surface area contributed by atoms with Gasteiger partial charge in [-0.2, -0.15) is 10.2 Å². The van der Waals surface area contributed by atoms with Gasteiger partial charge in [-0.05, 0) is 32.5 Å². The van der Waals surface area contributed by atoms with Gasteiger partial charge in [0.1, 0.15) is 24.3 Å². The number of nitrogens with one attached hydrogen (secondary N) is 3. The molecule has 6 heterocycles. The quantitative estimate of drug-likeness (QED) is 0.255. The third kappa shape index (κ3) is 5.34. The van der Waals surface area contributed by atoms with Crippen molar-refractivity contribution in [1.29, 1.82) is 0 Å². The standard InChI is InChI=1S/C11H17BN6O.C10H14N6/c1-12(19)16-8-2-4-18(5-3-8)11-9-6-15-17-10(9)13-7-14-11;11-7-1-3-16(4-2-7)10-8-5-14-15-9(8)12-6-13-10/h6-8,16,19H,2-5H2,1H3,(H,13,14,15,17);5-7H,1-4,11H2,(H,12,13,14,15). The van der Waals surface area contributed by atoms with E-state index < -0.39 is 7.05 Å². The number of rotatable bonds is 4. The molecule has 0 radical (unpaired) electrons. The summed E-state index contributed by atoms with van der Waals surface area (Å²) in [4.78, 5) is 21.5. The first-order chi connectivity index (χ1) is 17.1. The zero-order valence-electron chi connectivity index (χ0n) is 19.8. The SMILES string of the molecule is CB(O)NC1CCN(c2ncnc3[nH]ncc23)CC1.NC1CCN(c2ncnc3[nH]ncc23)CC1. The normalized spacial score (nSPS) is 17.6. The van der Waals surface area contributed by atoms with Crippen molar-refractivity contribution in [2.45, 2.75) is 44.6 Å². The highest BCUT2D eigenvalue weighted by Gasteiger charge is 2.23. The minimum Gasteiger partial charge on any atom is -0.437 e. The molecule has 6 rings (SSSR count). The van der Waals surface area contributed by atoms with Crippen LogP contribution in [-0.4, -0.2) is 90.7 Å². The zero-order chi connectivity index (χ0) is 24.2. The van der Waals surface area contributed by atoms with Gasteiger partial charge in [0, 0.05) is 38.3 Å². The van der Waals surface area contributed by atoms with Gasteiger partial charge >= 0.3 is 7.05 Å². The van der Waals surface area contributed by atoms with Crippen LogP contribution in [0.4, 0.5) is 11.6 Å². The first-order valence-corrected chi connectivity index (χ1v) is 12.1. The van der Waals surface area contributed by atoms with E-state index in [4.69, 9.17) is 5.73 Å². The van der Waals surface area contributed by atoms with Gasteiger partial charge in [-0.1, -0.05) is 0 Å². The molecule has 0 bridgehead atoms. The average Bonchev–Trinajstić information content (AvgIpc) is 3.55. The second-order valence-electron chi connectivity index (χ2n) is 9.09. The Bertz CT molecular complexity index is 1230. The highest BCUT2D eigenvalue weighted by molar-refractivity contribution is 6.45. The zero-order valence-corrected chi connectivity index (χ0v) is 19.8. The van der Waals surface area contributed by atoms with Gasteiger partial charge in [-0.15, -0.1) is 0 Å². The second-order valence-corrected chi connectivity index (χ2v) is 9.09.